The number of para-hydroxylation sites is 1. The van der Waals surface area contributed by atoms with Gasteiger partial charge in [-0.15, -0.1) is 0 Å². The van der Waals surface area contributed by atoms with Gasteiger partial charge in [-0.3, -0.25) is 4.79 Å². The second kappa shape index (κ2) is 5.95. The number of aromatic nitrogens is 1. The van der Waals surface area contributed by atoms with E-state index < -0.39 is 0 Å². The SMILES string of the molecule is Cc1ccccc1Nc1ncccc1C(=O)N1CCCC1. The molecule has 1 aliphatic heterocycles. The molecule has 0 aliphatic carbocycles. The van der Waals surface area contributed by atoms with Crippen LogP contribution >= 0.6 is 0 Å². The van der Waals surface area contributed by atoms with Crippen LogP contribution in [0.25, 0.3) is 0 Å². The average Bonchev–Trinajstić information content (AvgIpc) is 3.04. The molecule has 0 radical (unpaired) electrons. The molecule has 21 heavy (non-hydrogen) atoms. The molecular weight excluding hydrogens is 262 g/mol. The van der Waals surface area contributed by atoms with Crippen molar-refractivity contribution in [2.24, 2.45) is 0 Å². The van der Waals surface area contributed by atoms with Gasteiger partial charge in [-0.25, -0.2) is 4.98 Å². The summed E-state index contributed by atoms with van der Waals surface area (Å²) in [6, 6.07) is 11.7. The van der Waals surface area contributed by atoms with Gasteiger partial charge in [0.25, 0.3) is 5.91 Å². The molecule has 1 N–H and O–H groups in total. The lowest BCUT2D eigenvalue weighted by Gasteiger charge is -2.18. The van der Waals surface area contributed by atoms with E-state index in [1.807, 2.05) is 48.2 Å². The number of aryl methyl sites for hydroxylation is 1. The zero-order valence-corrected chi connectivity index (χ0v) is 12.2. The average molecular weight is 281 g/mol. The Balaban J connectivity index is 1.89. The summed E-state index contributed by atoms with van der Waals surface area (Å²) >= 11 is 0. The summed E-state index contributed by atoms with van der Waals surface area (Å²) in [6.45, 7) is 3.72. The minimum Gasteiger partial charge on any atom is -0.339 e. The number of benzene rings is 1. The first kappa shape index (κ1) is 13.6. The molecule has 108 valence electrons. The Morgan fingerprint density at radius 1 is 1.14 bits per heavy atom. The van der Waals surface area contributed by atoms with Crippen LogP contribution in [-0.2, 0) is 0 Å². The minimum atomic E-state index is 0.0664. The third kappa shape index (κ3) is 2.89. The van der Waals surface area contributed by atoms with E-state index in [-0.39, 0.29) is 5.91 Å². The van der Waals surface area contributed by atoms with Crippen molar-refractivity contribution in [3.05, 3.63) is 53.7 Å². The van der Waals surface area contributed by atoms with Crippen LogP contribution in [0.1, 0.15) is 28.8 Å². The highest BCUT2D eigenvalue weighted by Gasteiger charge is 2.22. The lowest BCUT2D eigenvalue weighted by atomic mass is 10.2. The Hall–Kier alpha value is -2.36. The van der Waals surface area contributed by atoms with Crippen molar-refractivity contribution in [1.82, 2.24) is 9.88 Å². The van der Waals surface area contributed by atoms with Crippen LogP contribution in [0.15, 0.2) is 42.6 Å². The fraction of sp³-hybridized carbons (Fsp3) is 0.294. The maximum absolute atomic E-state index is 12.6. The van der Waals surface area contributed by atoms with Crippen LogP contribution < -0.4 is 5.32 Å². The monoisotopic (exact) mass is 281 g/mol. The molecule has 0 bridgehead atoms. The Morgan fingerprint density at radius 3 is 2.67 bits per heavy atom. The van der Waals surface area contributed by atoms with Gasteiger partial charge in [0.15, 0.2) is 0 Å². The van der Waals surface area contributed by atoms with E-state index in [9.17, 15) is 4.79 Å². The number of nitrogens with one attached hydrogen (secondary N) is 1. The van der Waals surface area contributed by atoms with Gasteiger partial charge in [-0.1, -0.05) is 18.2 Å². The van der Waals surface area contributed by atoms with E-state index >= 15 is 0 Å². The summed E-state index contributed by atoms with van der Waals surface area (Å²) in [6.07, 6.45) is 3.89. The van der Waals surface area contributed by atoms with E-state index in [4.69, 9.17) is 0 Å². The van der Waals surface area contributed by atoms with Gasteiger partial charge < -0.3 is 10.2 Å². The third-order valence-corrected chi connectivity index (χ3v) is 3.83. The topological polar surface area (TPSA) is 45.2 Å². The van der Waals surface area contributed by atoms with Gasteiger partial charge in [0, 0.05) is 25.0 Å². The third-order valence-electron chi connectivity index (χ3n) is 3.83. The molecule has 3 rings (SSSR count). The smallest absolute Gasteiger partial charge is 0.257 e. The second-order valence-corrected chi connectivity index (χ2v) is 5.34. The summed E-state index contributed by atoms with van der Waals surface area (Å²) in [5.41, 5.74) is 2.75. The molecule has 4 nitrogen and oxygen atoms in total. The van der Waals surface area contributed by atoms with Crippen molar-refractivity contribution in [2.45, 2.75) is 19.8 Å². The van der Waals surface area contributed by atoms with Crippen LogP contribution in [0, 0.1) is 6.92 Å². The Kier molecular flexibility index (Phi) is 3.86. The van der Waals surface area contributed by atoms with Gasteiger partial charge in [-0.2, -0.15) is 0 Å². The summed E-state index contributed by atoms with van der Waals surface area (Å²) in [5.74, 6) is 0.695. The molecule has 1 fully saturated rings. The zero-order chi connectivity index (χ0) is 14.7. The van der Waals surface area contributed by atoms with Crippen LogP contribution in [0.2, 0.25) is 0 Å². The highest BCUT2D eigenvalue weighted by atomic mass is 16.2. The van der Waals surface area contributed by atoms with Gasteiger partial charge in [-0.05, 0) is 43.5 Å². The van der Waals surface area contributed by atoms with E-state index in [1.54, 1.807) is 6.20 Å². The van der Waals surface area contributed by atoms with E-state index in [2.05, 4.69) is 10.3 Å². The van der Waals surface area contributed by atoms with Gasteiger partial charge in [0.2, 0.25) is 0 Å². The fourth-order valence-electron chi connectivity index (χ4n) is 2.61. The molecule has 1 saturated heterocycles. The van der Waals surface area contributed by atoms with E-state index in [1.165, 1.54) is 0 Å². The largest absolute Gasteiger partial charge is 0.339 e. The molecule has 2 heterocycles. The van der Waals surface area contributed by atoms with Gasteiger partial charge >= 0.3 is 0 Å². The van der Waals surface area contributed by atoms with Crippen molar-refractivity contribution >= 4 is 17.4 Å². The number of amides is 1. The predicted octanol–water partition coefficient (Wildman–Crippen LogP) is 3.37. The lowest BCUT2D eigenvalue weighted by Crippen LogP contribution is -2.28. The Labute approximate surface area is 124 Å². The molecule has 0 atom stereocenters. The Morgan fingerprint density at radius 2 is 1.90 bits per heavy atom. The molecule has 1 aromatic carbocycles. The molecule has 0 unspecified atom stereocenters. The maximum Gasteiger partial charge on any atom is 0.257 e. The second-order valence-electron chi connectivity index (χ2n) is 5.34. The number of rotatable bonds is 3. The van der Waals surface area contributed by atoms with Crippen molar-refractivity contribution in [1.29, 1.82) is 0 Å². The van der Waals surface area contributed by atoms with Crippen molar-refractivity contribution < 1.29 is 4.79 Å². The molecular formula is C17H19N3O. The first-order valence-electron chi connectivity index (χ1n) is 7.32. The van der Waals surface area contributed by atoms with Crippen LogP contribution in [0.4, 0.5) is 11.5 Å². The molecule has 4 heteroatoms. The molecule has 1 aliphatic rings. The number of carbonyl (C=O) groups is 1. The predicted molar refractivity (Wildman–Crippen MR) is 83.8 cm³/mol. The first-order valence-corrected chi connectivity index (χ1v) is 7.32. The number of carbonyl (C=O) groups excluding carboxylic acids is 1. The van der Waals surface area contributed by atoms with Crippen molar-refractivity contribution in [3.63, 3.8) is 0 Å². The summed E-state index contributed by atoms with van der Waals surface area (Å²) in [5, 5.41) is 3.29. The van der Waals surface area contributed by atoms with Crippen molar-refractivity contribution in [2.75, 3.05) is 18.4 Å². The van der Waals surface area contributed by atoms with Crippen LogP contribution in [0.5, 0.6) is 0 Å². The molecule has 1 aromatic heterocycles. The molecule has 2 aromatic rings. The summed E-state index contributed by atoms with van der Waals surface area (Å²) in [7, 11) is 0. The first-order chi connectivity index (χ1) is 10.3. The summed E-state index contributed by atoms with van der Waals surface area (Å²) in [4.78, 5) is 18.8. The van der Waals surface area contributed by atoms with Gasteiger partial charge in [0.05, 0.1) is 5.56 Å². The number of hydrogen-bond donors (Lipinski definition) is 1. The van der Waals surface area contributed by atoms with Crippen LogP contribution in [0.3, 0.4) is 0 Å². The number of pyridine rings is 1. The Bertz CT molecular complexity index is 648. The highest BCUT2D eigenvalue weighted by Crippen LogP contribution is 2.23. The van der Waals surface area contributed by atoms with Gasteiger partial charge in [0.1, 0.15) is 5.82 Å². The van der Waals surface area contributed by atoms with Crippen LogP contribution in [-0.4, -0.2) is 28.9 Å². The quantitative estimate of drug-likeness (QED) is 0.938. The van der Waals surface area contributed by atoms with Crippen molar-refractivity contribution in [3.8, 4) is 0 Å². The molecule has 1 amide bonds. The number of anilines is 2. The molecule has 0 spiro atoms. The standard InChI is InChI=1S/C17H19N3O/c1-13-7-2-3-9-15(13)19-16-14(8-6-10-18-16)17(21)20-11-4-5-12-20/h2-3,6-10H,4-5,11-12H2,1H3,(H,18,19). The zero-order valence-electron chi connectivity index (χ0n) is 12.2. The normalized spacial score (nSPS) is 14.2. The fourth-order valence-corrected chi connectivity index (χ4v) is 2.61. The minimum absolute atomic E-state index is 0.0664. The molecule has 0 saturated carbocycles. The number of likely N-dealkylation sites (tertiary alicyclic amines) is 1. The van der Waals surface area contributed by atoms with E-state index in [0.29, 0.717) is 11.4 Å². The summed E-state index contributed by atoms with van der Waals surface area (Å²) < 4.78 is 0. The maximum atomic E-state index is 12.6. The highest BCUT2D eigenvalue weighted by molar-refractivity contribution is 5.99. The van der Waals surface area contributed by atoms with E-state index in [0.717, 1.165) is 37.2 Å². The lowest BCUT2D eigenvalue weighted by molar-refractivity contribution is 0.0793. The number of hydrogen-bond acceptors (Lipinski definition) is 3. The number of nitrogens with zero attached hydrogens (tertiary/aromatic N) is 2.